The van der Waals surface area contributed by atoms with Crippen molar-refractivity contribution in [1.29, 1.82) is 0 Å². The van der Waals surface area contributed by atoms with Gasteiger partial charge < -0.3 is 15.4 Å². The summed E-state index contributed by atoms with van der Waals surface area (Å²) in [5.74, 6) is 0.188. The number of ether oxygens (including phenoxy) is 1. The summed E-state index contributed by atoms with van der Waals surface area (Å²) in [6, 6.07) is 0. The lowest BCUT2D eigenvalue weighted by Gasteiger charge is -2.42. The van der Waals surface area contributed by atoms with E-state index < -0.39 is 0 Å². The van der Waals surface area contributed by atoms with E-state index in [1.807, 2.05) is 14.0 Å². The minimum absolute atomic E-state index is 0.188. The summed E-state index contributed by atoms with van der Waals surface area (Å²) in [7, 11) is 1.91. The molecule has 0 saturated heterocycles. The Labute approximate surface area is 111 Å². The number of carbonyl (C=O) groups excluding carboxylic acids is 1. The monoisotopic (exact) mass is 256 g/mol. The molecule has 0 unspecified atom stereocenters. The van der Waals surface area contributed by atoms with Crippen LogP contribution in [0.15, 0.2) is 0 Å². The van der Waals surface area contributed by atoms with Crippen molar-refractivity contribution in [2.45, 2.75) is 45.4 Å². The van der Waals surface area contributed by atoms with Crippen LogP contribution in [0.5, 0.6) is 0 Å². The second kappa shape index (κ2) is 8.48. The Balaban J connectivity index is 2.16. The summed E-state index contributed by atoms with van der Waals surface area (Å²) in [6.07, 6.45) is 6.38. The topological polar surface area (TPSA) is 50.4 Å². The molecule has 0 radical (unpaired) electrons. The lowest BCUT2D eigenvalue weighted by Crippen LogP contribution is -2.43. The van der Waals surface area contributed by atoms with Gasteiger partial charge in [0.15, 0.2) is 0 Å². The van der Waals surface area contributed by atoms with Gasteiger partial charge in [-0.2, -0.15) is 0 Å². The molecular formula is C14H28N2O2. The summed E-state index contributed by atoms with van der Waals surface area (Å²) in [6.45, 7) is 5.37. The number of hydrogen-bond donors (Lipinski definition) is 2. The Bertz CT molecular complexity index is 240. The van der Waals surface area contributed by atoms with Crippen LogP contribution < -0.4 is 10.6 Å². The quantitative estimate of drug-likeness (QED) is 0.585. The predicted octanol–water partition coefficient (Wildman–Crippen LogP) is 1.70. The van der Waals surface area contributed by atoms with Crippen molar-refractivity contribution in [1.82, 2.24) is 10.6 Å². The van der Waals surface area contributed by atoms with Crippen molar-refractivity contribution in [2.24, 2.45) is 5.41 Å². The van der Waals surface area contributed by atoms with Gasteiger partial charge in [0.05, 0.1) is 0 Å². The second-order valence-electron chi connectivity index (χ2n) is 5.28. The van der Waals surface area contributed by atoms with Crippen LogP contribution in [0.4, 0.5) is 0 Å². The Morgan fingerprint density at radius 3 is 2.72 bits per heavy atom. The minimum Gasteiger partial charge on any atom is -0.382 e. The normalized spacial score (nSPS) is 17.2. The fraction of sp³-hybridized carbons (Fsp3) is 0.929. The fourth-order valence-electron chi connectivity index (χ4n) is 2.43. The van der Waals surface area contributed by atoms with Crippen molar-refractivity contribution in [3.8, 4) is 0 Å². The van der Waals surface area contributed by atoms with Gasteiger partial charge in [0.25, 0.3) is 0 Å². The van der Waals surface area contributed by atoms with E-state index in [0.29, 0.717) is 11.8 Å². The molecule has 0 aliphatic heterocycles. The van der Waals surface area contributed by atoms with Crippen LogP contribution >= 0.6 is 0 Å². The molecule has 1 amide bonds. The Hall–Kier alpha value is -0.610. The van der Waals surface area contributed by atoms with E-state index in [-0.39, 0.29) is 5.91 Å². The van der Waals surface area contributed by atoms with Gasteiger partial charge in [0.1, 0.15) is 0 Å². The highest BCUT2D eigenvalue weighted by molar-refractivity contribution is 5.75. The van der Waals surface area contributed by atoms with Gasteiger partial charge in [-0.3, -0.25) is 4.79 Å². The van der Waals surface area contributed by atoms with Gasteiger partial charge in [0.2, 0.25) is 5.91 Å². The Morgan fingerprint density at radius 1 is 1.39 bits per heavy atom. The molecule has 4 heteroatoms. The van der Waals surface area contributed by atoms with Crippen LogP contribution in [-0.4, -0.2) is 39.3 Å². The summed E-state index contributed by atoms with van der Waals surface area (Å²) in [4.78, 5) is 11.7. The molecule has 1 fully saturated rings. The average molecular weight is 256 g/mol. The summed E-state index contributed by atoms with van der Waals surface area (Å²) in [5, 5.41) is 6.14. The lowest BCUT2D eigenvalue weighted by atomic mass is 9.66. The van der Waals surface area contributed by atoms with E-state index in [1.54, 1.807) is 0 Å². The van der Waals surface area contributed by atoms with Crippen LogP contribution in [0, 0.1) is 5.41 Å². The SMILES string of the molecule is CCOCCC1(CNC(=O)CCCNC)CCC1. The van der Waals surface area contributed by atoms with Crippen molar-refractivity contribution in [2.75, 3.05) is 33.4 Å². The van der Waals surface area contributed by atoms with E-state index in [4.69, 9.17) is 4.74 Å². The first-order valence-corrected chi connectivity index (χ1v) is 7.21. The molecule has 0 aromatic heterocycles. The second-order valence-corrected chi connectivity index (χ2v) is 5.28. The molecule has 1 saturated carbocycles. The molecular weight excluding hydrogens is 228 g/mol. The van der Waals surface area contributed by atoms with E-state index in [1.165, 1.54) is 19.3 Å². The van der Waals surface area contributed by atoms with Crippen LogP contribution in [0.3, 0.4) is 0 Å². The first-order chi connectivity index (χ1) is 8.72. The highest BCUT2D eigenvalue weighted by atomic mass is 16.5. The number of carbonyl (C=O) groups is 1. The molecule has 0 atom stereocenters. The first-order valence-electron chi connectivity index (χ1n) is 7.21. The number of nitrogens with one attached hydrogen (secondary N) is 2. The largest absolute Gasteiger partial charge is 0.382 e. The van der Waals surface area contributed by atoms with Gasteiger partial charge in [-0.1, -0.05) is 6.42 Å². The van der Waals surface area contributed by atoms with Crippen molar-refractivity contribution in [3.05, 3.63) is 0 Å². The van der Waals surface area contributed by atoms with Crippen molar-refractivity contribution >= 4 is 5.91 Å². The highest BCUT2D eigenvalue weighted by Crippen LogP contribution is 2.43. The Morgan fingerprint density at radius 2 is 2.17 bits per heavy atom. The van der Waals surface area contributed by atoms with Crippen molar-refractivity contribution < 1.29 is 9.53 Å². The lowest BCUT2D eigenvalue weighted by molar-refractivity contribution is -0.122. The maximum absolute atomic E-state index is 11.7. The molecule has 1 aliphatic rings. The fourth-order valence-corrected chi connectivity index (χ4v) is 2.43. The smallest absolute Gasteiger partial charge is 0.220 e. The zero-order chi connectivity index (χ0) is 13.3. The molecule has 2 N–H and O–H groups in total. The van der Waals surface area contributed by atoms with Gasteiger partial charge in [-0.05, 0) is 51.6 Å². The van der Waals surface area contributed by atoms with Gasteiger partial charge in [-0.25, -0.2) is 0 Å². The number of amides is 1. The van der Waals surface area contributed by atoms with Gasteiger partial charge in [0, 0.05) is 26.2 Å². The van der Waals surface area contributed by atoms with E-state index in [2.05, 4.69) is 10.6 Å². The van der Waals surface area contributed by atoms with E-state index >= 15 is 0 Å². The van der Waals surface area contributed by atoms with Crippen LogP contribution in [-0.2, 0) is 9.53 Å². The van der Waals surface area contributed by atoms with Crippen LogP contribution in [0.1, 0.15) is 45.4 Å². The third kappa shape index (κ3) is 5.36. The molecule has 0 heterocycles. The summed E-state index contributed by atoms with van der Waals surface area (Å²) < 4.78 is 5.43. The predicted molar refractivity (Wildman–Crippen MR) is 73.6 cm³/mol. The zero-order valence-electron chi connectivity index (χ0n) is 11.9. The molecule has 18 heavy (non-hydrogen) atoms. The van der Waals surface area contributed by atoms with Gasteiger partial charge in [-0.15, -0.1) is 0 Å². The van der Waals surface area contributed by atoms with E-state index in [0.717, 1.165) is 39.1 Å². The third-order valence-electron chi connectivity index (χ3n) is 3.89. The standard InChI is InChI=1S/C14H28N2O2/c1-3-18-11-9-14(7-5-8-14)12-16-13(17)6-4-10-15-2/h15H,3-12H2,1-2H3,(H,16,17). The maximum Gasteiger partial charge on any atom is 0.220 e. The molecule has 0 aromatic carbocycles. The Kier molecular flexibility index (Phi) is 7.28. The molecule has 106 valence electrons. The molecule has 1 aliphatic carbocycles. The first kappa shape index (κ1) is 15.4. The number of hydrogen-bond acceptors (Lipinski definition) is 3. The third-order valence-corrected chi connectivity index (χ3v) is 3.89. The van der Waals surface area contributed by atoms with E-state index in [9.17, 15) is 4.79 Å². The van der Waals surface area contributed by atoms with Crippen molar-refractivity contribution in [3.63, 3.8) is 0 Å². The zero-order valence-corrected chi connectivity index (χ0v) is 11.9. The number of rotatable bonds is 10. The molecule has 0 spiro atoms. The minimum atomic E-state index is 0.188. The average Bonchev–Trinajstić information content (AvgIpc) is 2.32. The summed E-state index contributed by atoms with van der Waals surface area (Å²) in [5.41, 5.74) is 0.327. The highest BCUT2D eigenvalue weighted by Gasteiger charge is 2.36. The van der Waals surface area contributed by atoms with Crippen LogP contribution in [0.2, 0.25) is 0 Å². The van der Waals surface area contributed by atoms with Crippen LogP contribution in [0.25, 0.3) is 0 Å². The molecule has 1 rings (SSSR count). The van der Waals surface area contributed by atoms with Gasteiger partial charge >= 0.3 is 0 Å². The molecule has 4 nitrogen and oxygen atoms in total. The summed E-state index contributed by atoms with van der Waals surface area (Å²) >= 11 is 0. The molecule has 0 aromatic rings. The molecule has 0 bridgehead atoms. The maximum atomic E-state index is 11.7.